The van der Waals surface area contributed by atoms with Crippen molar-refractivity contribution in [2.24, 2.45) is 11.5 Å². The van der Waals surface area contributed by atoms with Crippen LogP contribution in [0, 0.1) is 0 Å². The van der Waals surface area contributed by atoms with Gasteiger partial charge in [-0.2, -0.15) is 0 Å². The third-order valence-corrected chi connectivity index (χ3v) is 4.93. The molecule has 4 N–H and O–H groups in total. The molecule has 0 aromatic carbocycles. The summed E-state index contributed by atoms with van der Waals surface area (Å²) in [5, 5.41) is 0. The molecular formula is C14H27N3O2. The summed E-state index contributed by atoms with van der Waals surface area (Å²) in [5.74, 6) is -0.350. The van der Waals surface area contributed by atoms with Gasteiger partial charge in [0, 0.05) is 25.7 Å². The summed E-state index contributed by atoms with van der Waals surface area (Å²) in [4.78, 5) is 14.0. The molecule has 1 aliphatic heterocycles. The third kappa shape index (κ3) is 3.09. The van der Waals surface area contributed by atoms with Crippen molar-refractivity contribution in [3.05, 3.63) is 0 Å². The SMILES string of the molecule is COC1CCN(C2CCCC(N)(C(N)=O)C2)C(C)C1. The first-order valence-electron chi connectivity index (χ1n) is 7.33. The Kier molecular flexibility index (Phi) is 4.48. The summed E-state index contributed by atoms with van der Waals surface area (Å²) >= 11 is 0. The van der Waals surface area contributed by atoms with E-state index in [0.29, 0.717) is 24.6 Å². The van der Waals surface area contributed by atoms with E-state index in [1.807, 2.05) is 0 Å². The first kappa shape index (κ1) is 14.8. The van der Waals surface area contributed by atoms with Crippen LogP contribution in [0.1, 0.15) is 45.4 Å². The molecule has 1 heterocycles. The Morgan fingerprint density at radius 2 is 2.16 bits per heavy atom. The summed E-state index contributed by atoms with van der Waals surface area (Å²) in [6.45, 7) is 3.27. The minimum absolute atomic E-state index is 0.350. The highest BCUT2D eigenvalue weighted by Crippen LogP contribution is 2.33. The number of hydrogen-bond acceptors (Lipinski definition) is 4. The van der Waals surface area contributed by atoms with Crippen molar-refractivity contribution in [2.45, 2.75) is 69.2 Å². The van der Waals surface area contributed by atoms with Gasteiger partial charge in [-0.25, -0.2) is 0 Å². The Labute approximate surface area is 115 Å². The molecular weight excluding hydrogens is 242 g/mol. The molecule has 2 rings (SSSR count). The lowest BCUT2D eigenvalue weighted by molar-refractivity contribution is -0.125. The van der Waals surface area contributed by atoms with E-state index < -0.39 is 5.54 Å². The van der Waals surface area contributed by atoms with Gasteiger partial charge in [-0.15, -0.1) is 0 Å². The number of likely N-dealkylation sites (tertiary alicyclic amines) is 1. The molecule has 110 valence electrons. The van der Waals surface area contributed by atoms with E-state index >= 15 is 0 Å². The van der Waals surface area contributed by atoms with Crippen LogP contribution in [0.25, 0.3) is 0 Å². The van der Waals surface area contributed by atoms with E-state index in [1.165, 1.54) is 0 Å². The number of hydrogen-bond donors (Lipinski definition) is 2. The Bertz CT molecular complexity index is 337. The van der Waals surface area contributed by atoms with Gasteiger partial charge < -0.3 is 16.2 Å². The van der Waals surface area contributed by atoms with Crippen LogP contribution in [0.5, 0.6) is 0 Å². The van der Waals surface area contributed by atoms with Crippen molar-refractivity contribution in [1.29, 1.82) is 0 Å². The molecule has 1 saturated heterocycles. The monoisotopic (exact) mass is 269 g/mol. The first-order chi connectivity index (χ1) is 8.96. The Balaban J connectivity index is 2.00. The molecule has 0 spiro atoms. The molecule has 5 heteroatoms. The van der Waals surface area contributed by atoms with Crippen LogP contribution in [-0.2, 0) is 9.53 Å². The minimum atomic E-state index is -0.805. The van der Waals surface area contributed by atoms with Crippen LogP contribution in [0.3, 0.4) is 0 Å². The fourth-order valence-electron chi connectivity index (χ4n) is 3.69. The summed E-state index contributed by atoms with van der Waals surface area (Å²) in [6, 6.07) is 0.873. The van der Waals surface area contributed by atoms with E-state index in [2.05, 4.69) is 11.8 Å². The van der Waals surface area contributed by atoms with Gasteiger partial charge in [0.2, 0.25) is 5.91 Å². The van der Waals surface area contributed by atoms with Gasteiger partial charge in [-0.3, -0.25) is 9.69 Å². The van der Waals surface area contributed by atoms with Crippen molar-refractivity contribution in [2.75, 3.05) is 13.7 Å². The largest absolute Gasteiger partial charge is 0.381 e. The maximum absolute atomic E-state index is 11.5. The normalized spacial score (nSPS) is 41.1. The second-order valence-corrected chi connectivity index (χ2v) is 6.24. The van der Waals surface area contributed by atoms with E-state index in [0.717, 1.165) is 38.6 Å². The number of nitrogens with two attached hydrogens (primary N) is 2. The molecule has 2 fully saturated rings. The summed E-state index contributed by atoms with van der Waals surface area (Å²) in [6.07, 6.45) is 6.02. The molecule has 0 bridgehead atoms. The first-order valence-corrected chi connectivity index (χ1v) is 7.33. The van der Waals surface area contributed by atoms with E-state index in [9.17, 15) is 4.79 Å². The number of ether oxygens (including phenoxy) is 1. The Morgan fingerprint density at radius 3 is 2.74 bits per heavy atom. The second kappa shape index (κ2) is 5.77. The zero-order chi connectivity index (χ0) is 14.0. The fraction of sp³-hybridized carbons (Fsp3) is 0.929. The number of nitrogens with zero attached hydrogens (tertiary/aromatic N) is 1. The molecule has 0 aromatic rings. The van der Waals surface area contributed by atoms with Crippen LogP contribution in [0.2, 0.25) is 0 Å². The lowest BCUT2D eigenvalue weighted by Gasteiger charge is -2.46. The van der Waals surface area contributed by atoms with Gasteiger partial charge in [0.15, 0.2) is 0 Å². The van der Waals surface area contributed by atoms with Gasteiger partial charge in [0.1, 0.15) is 0 Å². The quantitative estimate of drug-likeness (QED) is 0.786. The topological polar surface area (TPSA) is 81.6 Å². The van der Waals surface area contributed by atoms with Crippen LogP contribution < -0.4 is 11.5 Å². The maximum atomic E-state index is 11.5. The summed E-state index contributed by atoms with van der Waals surface area (Å²) < 4.78 is 5.45. The number of piperidine rings is 1. The van der Waals surface area contributed by atoms with Crippen LogP contribution in [0.4, 0.5) is 0 Å². The second-order valence-electron chi connectivity index (χ2n) is 6.24. The number of carbonyl (C=O) groups excluding carboxylic acids is 1. The lowest BCUT2D eigenvalue weighted by Crippen LogP contribution is -2.60. The van der Waals surface area contributed by atoms with Gasteiger partial charge in [0.05, 0.1) is 11.6 Å². The number of carbonyl (C=O) groups is 1. The third-order valence-electron chi connectivity index (χ3n) is 4.93. The highest BCUT2D eigenvalue weighted by Gasteiger charge is 2.41. The van der Waals surface area contributed by atoms with Crippen molar-refractivity contribution >= 4 is 5.91 Å². The van der Waals surface area contributed by atoms with Crippen molar-refractivity contribution in [3.8, 4) is 0 Å². The van der Waals surface area contributed by atoms with E-state index in [1.54, 1.807) is 7.11 Å². The molecule has 1 amide bonds. The van der Waals surface area contributed by atoms with Gasteiger partial charge in [-0.05, 0) is 45.4 Å². The summed E-state index contributed by atoms with van der Waals surface area (Å²) in [5.41, 5.74) is 10.8. The van der Waals surface area contributed by atoms with Crippen molar-refractivity contribution in [1.82, 2.24) is 4.90 Å². The van der Waals surface area contributed by atoms with Crippen LogP contribution >= 0.6 is 0 Å². The average molecular weight is 269 g/mol. The van der Waals surface area contributed by atoms with Gasteiger partial charge in [-0.1, -0.05) is 0 Å². The molecule has 19 heavy (non-hydrogen) atoms. The molecule has 1 saturated carbocycles. The molecule has 4 atom stereocenters. The molecule has 0 radical (unpaired) electrons. The van der Waals surface area contributed by atoms with Crippen molar-refractivity contribution < 1.29 is 9.53 Å². The average Bonchev–Trinajstić information content (AvgIpc) is 2.38. The molecule has 5 nitrogen and oxygen atoms in total. The van der Waals surface area contributed by atoms with Crippen LogP contribution in [0.15, 0.2) is 0 Å². The van der Waals surface area contributed by atoms with Gasteiger partial charge >= 0.3 is 0 Å². The molecule has 2 aliphatic rings. The standard InChI is InChI=1S/C14H27N3O2/c1-10-8-12(19-2)5-7-17(10)11-4-3-6-14(16,9-11)13(15)18/h10-12H,3-9,16H2,1-2H3,(H2,15,18). The lowest BCUT2D eigenvalue weighted by atomic mass is 9.77. The zero-order valence-corrected chi connectivity index (χ0v) is 12.1. The Morgan fingerprint density at radius 1 is 1.42 bits per heavy atom. The minimum Gasteiger partial charge on any atom is -0.381 e. The highest BCUT2D eigenvalue weighted by atomic mass is 16.5. The van der Waals surface area contributed by atoms with Crippen LogP contribution in [-0.4, -0.2) is 48.2 Å². The zero-order valence-electron chi connectivity index (χ0n) is 12.1. The van der Waals surface area contributed by atoms with Crippen molar-refractivity contribution in [3.63, 3.8) is 0 Å². The highest BCUT2D eigenvalue weighted by molar-refractivity contribution is 5.84. The number of methoxy groups -OCH3 is 1. The Hall–Kier alpha value is -0.650. The predicted molar refractivity (Wildman–Crippen MR) is 74.6 cm³/mol. The number of rotatable bonds is 3. The van der Waals surface area contributed by atoms with E-state index in [-0.39, 0.29) is 5.91 Å². The fourth-order valence-corrected chi connectivity index (χ4v) is 3.69. The molecule has 0 aromatic heterocycles. The summed E-state index contributed by atoms with van der Waals surface area (Å²) in [7, 11) is 1.78. The predicted octanol–water partition coefficient (Wildman–Crippen LogP) is 0.611. The molecule has 1 aliphatic carbocycles. The smallest absolute Gasteiger partial charge is 0.237 e. The molecule has 4 unspecified atom stereocenters. The number of amides is 1. The maximum Gasteiger partial charge on any atom is 0.237 e. The van der Waals surface area contributed by atoms with E-state index in [4.69, 9.17) is 16.2 Å². The number of primary amides is 1. The van der Waals surface area contributed by atoms with Gasteiger partial charge in [0.25, 0.3) is 0 Å².